The zero-order chi connectivity index (χ0) is 8.43. The van der Waals surface area contributed by atoms with E-state index in [9.17, 15) is 8.78 Å². The van der Waals surface area contributed by atoms with Gasteiger partial charge in [0.15, 0.2) is 0 Å². The van der Waals surface area contributed by atoms with E-state index in [4.69, 9.17) is 0 Å². The van der Waals surface area contributed by atoms with Gasteiger partial charge in [0.1, 0.15) is 0 Å². The fourth-order valence-electron chi connectivity index (χ4n) is 1.49. The lowest BCUT2D eigenvalue weighted by Gasteiger charge is -2.19. The van der Waals surface area contributed by atoms with Crippen molar-refractivity contribution < 1.29 is 8.78 Å². The Morgan fingerprint density at radius 2 is 2.00 bits per heavy atom. The highest BCUT2D eigenvalue weighted by molar-refractivity contribution is 4.78. The first kappa shape index (κ1) is 8.91. The van der Waals surface area contributed by atoms with Crippen LogP contribution in [-0.2, 0) is 0 Å². The smallest absolute Gasteiger partial charge is 0.242 e. The molecule has 0 aromatic heterocycles. The predicted octanol–water partition coefficient (Wildman–Crippen LogP) is 1.98. The molecule has 0 spiro atoms. The van der Waals surface area contributed by atoms with Gasteiger partial charge in [-0.3, -0.25) is 0 Å². The molecule has 0 aromatic rings. The minimum Gasteiger partial charge on any atom is -0.300 e. The third-order valence-corrected chi connectivity index (χ3v) is 2.34. The molecule has 0 amide bonds. The highest BCUT2D eigenvalue weighted by atomic mass is 19.3. The van der Waals surface area contributed by atoms with Crippen molar-refractivity contribution in [3.05, 3.63) is 0 Å². The zero-order valence-corrected chi connectivity index (χ0v) is 7.06. The van der Waals surface area contributed by atoms with Crippen LogP contribution in [0.4, 0.5) is 8.78 Å². The SMILES string of the molecule is CC(C)N1CC[C@@H](C(F)F)C1. The van der Waals surface area contributed by atoms with Crippen molar-refractivity contribution >= 4 is 0 Å². The van der Waals surface area contributed by atoms with Crippen LogP contribution in [0, 0.1) is 5.92 Å². The van der Waals surface area contributed by atoms with Gasteiger partial charge < -0.3 is 4.90 Å². The van der Waals surface area contributed by atoms with Crippen molar-refractivity contribution in [2.24, 2.45) is 5.92 Å². The maximum atomic E-state index is 12.1. The summed E-state index contributed by atoms with van der Waals surface area (Å²) in [4.78, 5) is 2.11. The number of alkyl halides is 2. The van der Waals surface area contributed by atoms with Gasteiger partial charge in [-0.15, -0.1) is 0 Å². The highest BCUT2D eigenvalue weighted by Gasteiger charge is 2.30. The molecule has 1 aliphatic heterocycles. The van der Waals surface area contributed by atoms with Gasteiger partial charge in [-0.25, -0.2) is 8.78 Å². The summed E-state index contributed by atoms with van der Waals surface area (Å²) in [7, 11) is 0. The van der Waals surface area contributed by atoms with Crippen molar-refractivity contribution in [2.75, 3.05) is 13.1 Å². The molecular weight excluding hydrogens is 148 g/mol. The average Bonchev–Trinajstić information content (AvgIpc) is 2.33. The van der Waals surface area contributed by atoms with Crippen LogP contribution >= 0.6 is 0 Å². The number of likely N-dealkylation sites (tertiary alicyclic amines) is 1. The Morgan fingerprint density at radius 1 is 1.36 bits per heavy atom. The molecule has 1 heterocycles. The van der Waals surface area contributed by atoms with E-state index < -0.39 is 6.43 Å². The first-order chi connectivity index (χ1) is 5.11. The fraction of sp³-hybridized carbons (Fsp3) is 1.00. The second-order valence-corrected chi connectivity index (χ2v) is 3.47. The summed E-state index contributed by atoms with van der Waals surface area (Å²) in [6, 6.07) is 0.416. The van der Waals surface area contributed by atoms with Crippen LogP contribution in [0.15, 0.2) is 0 Å². The maximum Gasteiger partial charge on any atom is 0.242 e. The Bertz CT molecular complexity index is 111. The van der Waals surface area contributed by atoms with Crippen molar-refractivity contribution in [2.45, 2.75) is 32.7 Å². The number of hydrogen-bond donors (Lipinski definition) is 0. The Kier molecular flexibility index (Phi) is 2.82. The van der Waals surface area contributed by atoms with Gasteiger partial charge in [-0.1, -0.05) is 0 Å². The average molecular weight is 163 g/mol. The summed E-state index contributed by atoms with van der Waals surface area (Å²) in [6.07, 6.45) is -1.46. The van der Waals surface area contributed by atoms with Crippen LogP contribution in [0.3, 0.4) is 0 Å². The molecule has 0 aromatic carbocycles. The molecule has 0 radical (unpaired) electrons. The molecule has 1 rings (SSSR count). The molecule has 0 bridgehead atoms. The van der Waals surface area contributed by atoms with Gasteiger partial charge >= 0.3 is 0 Å². The van der Waals surface area contributed by atoms with Crippen LogP contribution < -0.4 is 0 Å². The topological polar surface area (TPSA) is 3.24 Å². The molecule has 1 nitrogen and oxygen atoms in total. The minimum atomic E-state index is -2.13. The quantitative estimate of drug-likeness (QED) is 0.601. The molecule has 1 atom stereocenters. The number of rotatable bonds is 2. The Balaban J connectivity index is 2.35. The zero-order valence-electron chi connectivity index (χ0n) is 7.06. The maximum absolute atomic E-state index is 12.1. The van der Waals surface area contributed by atoms with Gasteiger partial charge in [0.25, 0.3) is 0 Å². The van der Waals surface area contributed by atoms with Crippen molar-refractivity contribution in [3.8, 4) is 0 Å². The van der Waals surface area contributed by atoms with Gasteiger partial charge in [0, 0.05) is 18.5 Å². The van der Waals surface area contributed by atoms with E-state index in [2.05, 4.69) is 4.90 Å². The molecule has 0 aliphatic carbocycles. The Labute approximate surface area is 66.4 Å². The van der Waals surface area contributed by atoms with Gasteiger partial charge in [0.2, 0.25) is 6.43 Å². The summed E-state index contributed by atoms with van der Waals surface area (Å²) in [5.41, 5.74) is 0. The third kappa shape index (κ3) is 2.12. The van der Waals surface area contributed by atoms with Crippen LogP contribution in [0.25, 0.3) is 0 Å². The second-order valence-electron chi connectivity index (χ2n) is 3.47. The van der Waals surface area contributed by atoms with Crippen LogP contribution in [0.2, 0.25) is 0 Å². The summed E-state index contributed by atoms with van der Waals surface area (Å²) in [5, 5.41) is 0. The Morgan fingerprint density at radius 3 is 2.27 bits per heavy atom. The monoisotopic (exact) mass is 163 g/mol. The van der Waals surface area contributed by atoms with E-state index in [1.54, 1.807) is 0 Å². The molecule has 0 N–H and O–H groups in total. The second kappa shape index (κ2) is 3.48. The fourth-order valence-corrected chi connectivity index (χ4v) is 1.49. The standard InChI is InChI=1S/C8H15F2N/c1-6(2)11-4-3-7(5-11)8(9)10/h6-8H,3-5H2,1-2H3/t7-/m1/s1. The molecular formula is C8H15F2N. The van der Waals surface area contributed by atoms with E-state index in [1.165, 1.54) is 0 Å². The molecule has 1 aliphatic rings. The largest absolute Gasteiger partial charge is 0.300 e. The van der Waals surface area contributed by atoms with Gasteiger partial charge in [0.05, 0.1) is 0 Å². The van der Waals surface area contributed by atoms with Crippen molar-refractivity contribution in [1.29, 1.82) is 0 Å². The van der Waals surface area contributed by atoms with E-state index in [-0.39, 0.29) is 5.92 Å². The summed E-state index contributed by atoms with van der Waals surface area (Å²) in [6.45, 7) is 5.52. The first-order valence-electron chi connectivity index (χ1n) is 4.13. The van der Waals surface area contributed by atoms with E-state index in [0.29, 0.717) is 19.0 Å². The first-order valence-corrected chi connectivity index (χ1v) is 4.13. The van der Waals surface area contributed by atoms with Gasteiger partial charge in [-0.05, 0) is 26.8 Å². The Hall–Kier alpha value is -0.180. The molecule has 11 heavy (non-hydrogen) atoms. The molecule has 66 valence electrons. The molecule has 3 heteroatoms. The third-order valence-electron chi connectivity index (χ3n) is 2.34. The highest BCUT2D eigenvalue weighted by Crippen LogP contribution is 2.23. The molecule has 1 fully saturated rings. The predicted molar refractivity (Wildman–Crippen MR) is 40.8 cm³/mol. The summed E-state index contributed by atoms with van der Waals surface area (Å²) >= 11 is 0. The van der Waals surface area contributed by atoms with E-state index in [0.717, 1.165) is 6.54 Å². The number of halogens is 2. The molecule has 0 unspecified atom stereocenters. The number of hydrogen-bond acceptors (Lipinski definition) is 1. The lowest BCUT2D eigenvalue weighted by Crippen LogP contribution is -2.29. The van der Waals surface area contributed by atoms with Crippen LogP contribution in [0.1, 0.15) is 20.3 Å². The van der Waals surface area contributed by atoms with E-state index >= 15 is 0 Å². The summed E-state index contributed by atoms with van der Waals surface area (Å²) in [5.74, 6) is -0.377. The van der Waals surface area contributed by atoms with Crippen LogP contribution in [0.5, 0.6) is 0 Å². The summed E-state index contributed by atoms with van der Waals surface area (Å²) < 4.78 is 24.3. The van der Waals surface area contributed by atoms with Crippen LogP contribution in [-0.4, -0.2) is 30.5 Å². The molecule has 0 saturated carbocycles. The van der Waals surface area contributed by atoms with E-state index in [1.807, 2.05) is 13.8 Å². The lowest BCUT2D eigenvalue weighted by molar-refractivity contribution is 0.0786. The van der Waals surface area contributed by atoms with Crippen molar-refractivity contribution in [1.82, 2.24) is 4.90 Å². The normalized spacial score (nSPS) is 27.3. The minimum absolute atomic E-state index is 0.377. The van der Waals surface area contributed by atoms with Gasteiger partial charge in [-0.2, -0.15) is 0 Å². The van der Waals surface area contributed by atoms with Crippen molar-refractivity contribution in [3.63, 3.8) is 0 Å². The number of nitrogens with zero attached hydrogens (tertiary/aromatic N) is 1. The lowest BCUT2D eigenvalue weighted by atomic mass is 10.1. The molecule has 1 saturated heterocycles.